The fraction of sp³-hybridized carbons (Fsp3) is 0.364. The molecule has 0 unspecified atom stereocenters. The summed E-state index contributed by atoms with van der Waals surface area (Å²) in [7, 11) is 1.31. The topological polar surface area (TPSA) is 72.5 Å². The largest absolute Gasteiger partial charge is 0.508 e. The normalized spacial score (nSPS) is 12.2. The molecule has 0 bridgehead atoms. The lowest BCUT2D eigenvalue weighted by Gasteiger charge is -2.11. The second-order valence-corrected chi connectivity index (χ2v) is 3.44. The van der Waals surface area contributed by atoms with Crippen molar-refractivity contribution in [3.8, 4) is 5.75 Å². The van der Waals surface area contributed by atoms with Gasteiger partial charge in [0, 0.05) is 0 Å². The average molecular weight is 209 g/mol. The molecule has 0 aliphatic rings. The molecular weight excluding hydrogens is 194 g/mol. The van der Waals surface area contributed by atoms with Gasteiger partial charge < -0.3 is 15.6 Å². The van der Waals surface area contributed by atoms with Gasteiger partial charge in [-0.2, -0.15) is 0 Å². The molecule has 0 radical (unpaired) electrons. The number of esters is 1. The summed E-state index contributed by atoms with van der Waals surface area (Å²) >= 11 is 0. The van der Waals surface area contributed by atoms with Gasteiger partial charge in [-0.25, -0.2) is 0 Å². The summed E-state index contributed by atoms with van der Waals surface area (Å²) in [6.07, 6.45) is 0.415. The lowest BCUT2D eigenvalue weighted by Crippen LogP contribution is -2.33. The first kappa shape index (κ1) is 11.5. The van der Waals surface area contributed by atoms with Crippen molar-refractivity contribution in [1.29, 1.82) is 0 Å². The summed E-state index contributed by atoms with van der Waals surface area (Å²) in [5, 5.41) is 9.20. The Morgan fingerprint density at radius 1 is 1.60 bits per heavy atom. The van der Waals surface area contributed by atoms with E-state index in [1.807, 2.05) is 6.92 Å². The molecule has 3 N–H and O–H groups in total. The minimum Gasteiger partial charge on any atom is -0.508 e. The minimum atomic E-state index is -0.654. The van der Waals surface area contributed by atoms with Gasteiger partial charge in [0.05, 0.1) is 7.11 Å². The van der Waals surface area contributed by atoms with Crippen LogP contribution >= 0.6 is 0 Å². The lowest BCUT2D eigenvalue weighted by atomic mass is 10.0. The fourth-order valence-electron chi connectivity index (χ4n) is 1.38. The van der Waals surface area contributed by atoms with E-state index in [1.165, 1.54) is 7.11 Å². The standard InChI is InChI=1S/C11H15NO3/c1-7-5-9(13)4-3-8(7)6-10(12)11(14)15-2/h3-5,10,13H,6,12H2,1-2H3/t10-/m0/s1. The number of carbonyl (C=O) groups excluding carboxylic acids is 1. The van der Waals surface area contributed by atoms with Crippen molar-refractivity contribution < 1.29 is 14.6 Å². The number of phenolic OH excluding ortho intramolecular Hbond substituents is 1. The van der Waals surface area contributed by atoms with Crippen LogP contribution in [-0.4, -0.2) is 24.2 Å². The molecule has 0 aromatic heterocycles. The molecule has 0 spiro atoms. The predicted octanol–water partition coefficient (Wildman–Crippen LogP) is 0.743. The van der Waals surface area contributed by atoms with Crippen LogP contribution in [0.3, 0.4) is 0 Å². The molecular formula is C11H15NO3. The van der Waals surface area contributed by atoms with E-state index in [1.54, 1.807) is 18.2 Å². The van der Waals surface area contributed by atoms with Crippen LogP contribution in [0, 0.1) is 6.92 Å². The van der Waals surface area contributed by atoms with Crippen LogP contribution in [0.2, 0.25) is 0 Å². The number of aromatic hydroxyl groups is 1. The Morgan fingerprint density at radius 3 is 2.80 bits per heavy atom. The minimum absolute atomic E-state index is 0.211. The van der Waals surface area contributed by atoms with Crippen molar-refractivity contribution in [2.75, 3.05) is 7.11 Å². The highest BCUT2D eigenvalue weighted by Gasteiger charge is 2.15. The van der Waals surface area contributed by atoms with Gasteiger partial charge in [0.15, 0.2) is 0 Å². The van der Waals surface area contributed by atoms with Crippen LogP contribution < -0.4 is 5.73 Å². The van der Waals surface area contributed by atoms with Crippen LogP contribution in [0.1, 0.15) is 11.1 Å². The number of carbonyl (C=O) groups is 1. The van der Waals surface area contributed by atoms with Crippen LogP contribution in [0.25, 0.3) is 0 Å². The van der Waals surface area contributed by atoms with Gasteiger partial charge in [0.25, 0.3) is 0 Å². The Kier molecular flexibility index (Phi) is 3.68. The van der Waals surface area contributed by atoms with Gasteiger partial charge in [-0.15, -0.1) is 0 Å². The number of phenols is 1. The molecule has 1 aromatic carbocycles. The maximum absolute atomic E-state index is 11.1. The second kappa shape index (κ2) is 4.79. The van der Waals surface area contributed by atoms with Crippen LogP contribution in [-0.2, 0) is 16.0 Å². The van der Waals surface area contributed by atoms with Gasteiger partial charge in [0.1, 0.15) is 11.8 Å². The first-order valence-corrected chi connectivity index (χ1v) is 4.66. The molecule has 1 atom stereocenters. The summed E-state index contributed by atoms with van der Waals surface area (Å²) in [6.45, 7) is 1.86. The molecule has 4 nitrogen and oxygen atoms in total. The molecule has 0 saturated carbocycles. The molecule has 0 fully saturated rings. The number of methoxy groups -OCH3 is 1. The zero-order chi connectivity index (χ0) is 11.4. The van der Waals surface area contributed by atoms with E-state index in [2.05, 4.69) is 4.74 Å². The molecule has 15 heavy (non-hydrogen) atoms. The quantitative estimate of drug-likeness (QED) is 0.720. The monoisotopic (exact) mass is 209 g/mol. The van der Waals surface area contributed by atoms with Gasteiger partial charge in [-0.3, -0.25) is 4.79 Å². The molecule has 1 aromatic rings. The Balaban J connectivity index is 2.76. The number of hydrogen-bond acceptors (Lipinski definition) is 4. The van der Waals surface area contributed by atoms with Crippen LogP contribution in [0.4, 0.5) is 0 Å². The van der Waals surface area contributed by atoms with E-state index in [0.29, 0.717) is 6.42 Å². The zero-order valence-electron chi connectivity index (χ0n) is 8.86. The van der Waals surface area contributed by atoms with Crippen molar-refractivity contribution in [3.05, 3.63) is 29.3 Å². The number of rotatable bonds is 3. The maximum atomic E-state index is 11.1. The van der Waals surface area contributed by atoms with Gasteiger partial charge in [-0.05, 0) is 36.6 Å². The van der Waals surface area contributed by atoms with E-state index in [-0.39, 0.29) is 5.75 Å². The molecule has 0 aliphatic heterocycles. The van der Waals surface area contributed by atoms with E-state index in [4.69, 9.17) is 5.73 Å². The molecule has 4 heteroatoms. The summed E-state index contributed by atoms with van der Waals surface area (Å²) in [6, 6.07) is 4.32. The fourth-order valence-corrected chi connectivity index (χ4v) is 1.38. The molecule has 0 aliphatic carbocycles. The third-order valence-electron chi connectivity index (χ3n) is 2.27. The van der Waals surface area contributed by atoms with Crippen LogP contribution in [0.15, 0.2) is 18.2 Å². The van der Waals surface area contributed by atoms with Crippen molar-refractivity contribution in [2.24, 2.45) is 5.73 Å². The highest BCUT2D eigenvalue weighted by atomic mass is 16.5. The SMILES string of the molecule is COC(=O)[C@@H](N)Cc1ccc(O)cc1C. The van der Waals surface area contributed by atoms with Gasteiger partial charge in [0.2, 0.25) is 0 Å². The summed E-state index contributed by atoms with van der Waals surface area (Å²) in [5.74, 6) is -0.217. The van der Waals surface area contributed by atoms with E-state index in [0.717, 1.165) is 11.1 Å². The number of aryl methyl sites for hydroxylation is 1. The van der Waals surface area contributed by atoms with Crippen molar-refractivity contribution in [2.45, 2.75) is 19.4 Å². The number of nitrogens with two attached hydrogens (primary N) is 1. The first-order valence-electron chi connectivity index (χ1n) is 4.66. The summed E-state index contributed by atoms with van der Waals surface area (Å²) in [5.41, 5.74) is 7.48. The van der Waals surface area contributed by atoms with Crippen molar-refractivity contribution in [3.63, 3.8) is 0 Å². The van der Waals surface area contributed by atoms with E-state index in [9.17, 15) is 9.90 Å². The number of benzene rings is 1. The third-order valence-corrected chi connectivity index (χ3v) is 2.27. The van der Waals surface area contributed by atoms with Crippen LogP contribution in [0.5, 0.6) is 5.75 Å². The summed E-state index contributed by atoms with van der Waals surface area (Å²) in [4.78, 5) is 11.1. The highest BCUT2D eigenvalue weighted by molar-refractivity contribution is 5.75. The average Bonchev–Trinajstić information content (AvgIpc) is 2.20. The predicted molar refractivity (Wildman–Crippen MR) is 56.5 cm³/mol. The maximum Gasteiger partial charge on any atom is 0.322 e. The van der Waals surface area contributed by atoms with Crippen molar-refractivity contribution >= 4 is 5.97 Å². The van der Waals surface area contributed by atoms with Gasteiger partial charge >= 0.3 is 5.97 Å². The summed E-state index contributed by atoms with van der Waals surface area (Å²) < 4.78 is 4.53. The van der Waals surface area contributed by atoms with E-state index < -0.39 is 12.0 Å². The number of ether oxygens (including phenoxy) is 1. The second-order valence-electron chi connectivity index (χ2n) is 3.44. The molecule has 82 valence electrons. The third kappa shape index (κ3) is 2.95. The Bertz CT molecular complexity index is 363. The molecule has 1 rings (SSSR count). The molecule has 0 amide bonds. The van der Waals surface area contributed by atoms with E-state index >= 15 is 0 Å². The Labute approximate surface area is 88.7 Å². The molecule has 0 saturated heterocycles. The first-order chi connectivity index (χ1) is 7.04. The zero-order valence-corrected chi connectivity index (χ0v) is 8.86. The number of hydrogen-bond donors (Lipinski definition) is 2. The highest BCUT2D eigenvalue weighted by Crippen LogP contribution is 2.16. The smallest absolute Gasteiger partial charge is 0.322 e. The Morgan fingerprint density at radius 2 is 2.27 bits per heavy atom. The molecule has 0 heterocycles. The lowest BCUT2D eigenvalue weighted by molar-refractivity contribution is -0.142. The Hall–Kier alpha value is -1.55. The van der Waals surface area contributed by atoms with Gasteiger partial charge in [-0.1, -0.05) is 6.07 Å². The van der Waals surface area contributed by atoms with Crippen molar-refractivity contribution in [1.82, 2.24) is 0 Å².